The van der Waals surface area contributed by atoms with Gasteiger partial charge in [-0.3, -0.25) is 4.79 Å². The highest BCUT2D eigenvalue weighted by atomic mass is 79.9. The first-order chi connectivity index (χ1) is 9.10. The lowest BCUT2D eigenvalue weighted by atomic mass is 9.76. The molecule has 0 N–H and O–H groups in total. The lowest BCUT2D eigenvalue weighted by Crippen LogP contribution is -2.26. The summed E-state index contributed by atoms with van der Waals surface area (Å²) >= 11 is 3.39. The Bertz CT molecular complexity index is 458. The van der Waals surface area contributed by atoms with E-state index < -0.39 is 0 Å². The molecule has 0 aromatic heterocycles. The van der Waals surface area contributed by atoms with Crippen molar-refractivity contribution in [1.29, 1.82) is 0 Å². The molecule has 0 aliphatic heterocycles. The summed E-state index contributed by atoms with van der Waals surface area (Å²) in [5.74, 6) is 0.942. The molecule has 104 valence electrons. The number of Topliss-reactive ketones (excluding diaryl/α,β-unsaturated/α-hetero) is 1. The molecule has 0 spiro atoms. The van der Waals surface area contributed by atoms with Crippen molar-refractivity contribution in [2.45, 2.75) is 45.4 Å². The highest BCUT2D eigenvalue weighted by Gasteiger charge is 2.28. The summed E-state index contributed by atoms with van der Waals surface area (Å²) in [5, 5.41) is 0. The van der Waals surface area contributed by atoms with Crippen molar-refractivity contribution in [1.82, 2.24) is 0 Å². The highest BCUT2D eigenvalue weighted by Crippen LogP contribution is 2.33. The van der Waals surface area contributed by atoms with Crippen molar-refractivity contribution in [3.8, 4) is 0 Å². The van der Waals surface area contributed by atoms with Crippen LogP contribution in [0.15, 0.2) is 22.7 Å². The van der Waals surface area contributed by atoms with Crippen molar-refractivity contribution >= 4 is 21.7 Å². The molecule has 1 aliphatic rings. The molecule has 2 unspecified atom stereocenters. The highest BCUT2D eigenvalue weighted by molar-refractivity contribution is 9.10. The van der Waals surface area contributed by atoms with Crippen molar-refractivity contribution in [3.63, 3.8) is 0 Å². The zero-order valence-electron chi connectivity index (χ0n) is 11.3. The number of halogens is 2. The van der Waals surface area contributed by atoms with E-state index in [2.05, 4.69) is 22.9 Å². The van der Waals surface area contributed by atoms with Gasteiger partial charge in [0.15, 0.2) is 0 Å². The largest absolute Gasteiger partial charge is 0.299 e. The molecule has 1 fully saturated rings. The molecule has 19 heavy (non-hydrogen) atoms. The average Bonchev–Trinajstić information content (AvgIpc) is 2.37. The van der Waals surface area contributed by atoms with Crippen LogP contribution in [0.4, 0.5) is 4.39 Å². The summed E-state index contributed by atoms with van der Waals surface area (Å²) in [6.45, 7) is 2.20. The van der Waals surface area contributed by atoms with E-state index in [4.69, 9.17) is 0 Å². The van der Waals surface area contributed by atoms with E-state index in [-0.39, 0.29) is 11.7 Å². The third-order valence-corrected chi connectivity index (χ3v) is 4.79. The number of ketones is 1. The molecule has 0 radical (unpaired) electrons. The second-order valence-electron chi connectivity index (χ2n) is 5.53. The minimum atomic E-state index is -0.241. The lowest BCUT2D eigenvalue weighted by Gasteiger charge is -2.28. The van der Waals surface area contributed by atoms with Crippen molar-refractivity contribution < 1.29 is 9.18 Å². The van der Waals surface area contributed by atoms with E-state index in [0.29, 0.717) is 18.1 Å². The third kappa shape index (κ3) is 3.88. The second kappa shape index (κ2) is 6.65. The third-order valence-electron chi connectivity index (χ3n) is 4.05. The normalized spacial score (nSPS) is 23.6. The van der Waals surface area contributed by atoms with Crippen LogP contribution < -0.4 is 0 Å². The van der Waals surface area contributed by atoms with Crippen LogP contribution in [0.25, 0.3) is 0 Å². The van der Waals surface area contributed by atoms with Crippen LogP contribution in [0.2, 0.25) is 0 Å². The summed E-state index contributed by atoms with van der Waals surface area (Å²) in [6, 6.07) is 4.74. The molecular weight excluding hydrogens is 307 g/mol. The number of rotatable bonds is 4. The van der Waals surface area contributed by atoms with Crippen molar-refractivity contribution in [3.05, 3.63) is 34.1 Å². The Morgan fingerprint density at radius 3 is 2.89 bits per heavy atom. The summed E-state index contributed by atoms with van der Waals surface area (Å²) in [7, 11) is 0. The maximum Gasteiger partial charge on any atom is 0.136 e. The Labute approximate surface area is 122 Å². The number of benzene rings is 1. The first-order valence-corrected chi connectivity index (χ1v) is 7.86. The Morgan fingerprint density at radius 2 is 2.21 bits per heavy atom. The van der Waals surface area contributed by atoms with E-state index in [1.807, 2.05) is 0 Å². The molecule has 1 aromatic rings. The van der Waals surface area contributed by atoms with Crippen LogP contribution in [0.3, 0.4) is 0 Å². The summed E-state index contributed by atoms with van der Waals surface area (Å²) < 4.78 is 13.8. The fourth-order valence-corrected chi connectivity index (χ4v) is 3.54. The number of hydrogen-bond donors (Lipinski definition) is 0. The Morgan fingerprint density at radius 1 is 1.42 bits per heavy atom. The van der Waals surface area contributed by atoms with Gasteiger partial charge in [0.05, 0.1) is 0 Å². The second-order valence-corrected chi connectivity index (χ2v) is 6.39. The Kier molecular flexibility index (Phi) is 5.14. The molecule has 3 heteroatoms. The standard InChI is InChI=1S/C16H20BrFO/c1-2-3-11-4-7-16(19)13(8-11)9-12-5-6-14(18)10-15(12)17/h5-6,10-11,13H,2-4,7-9H2,1H3. The maximum absolute atomic E-state index is 13.1. The molecule has 0 saturated heterocycles. The van der Waals surface area contributed by atoms with Crippen LogP contribution >= 0.6 is 15.9 Å². The first-order valence-electron chi connectivity index (χ1n) is 7.06. The Balaban J connectivity index is 2.05. The molecule has 1 saturated carbocycles. The van der Waals surface area contributed by atoms with E-state index in [0.717, 1.165) is 29.3 Å². The Hall–Kier alpha value is -0.700. The van der Waals surface area contributed by atoms with Gasteiger partial charge in [0.25, 0.3) is 0 Å². The smallest absolute Gasteiger partial charge is 0.136 e. The van der Waals surface area contributed by atoms with E-state index in [1.165, 1.54) is 25.0 Å². The molecule has 0 bridgehead atoms. The van der Waals surface area contributed by atoms with Gasteiger partial charge in [-0.1, -0.05) is 41.8 Å². The molecule has 1 aromatic carbocycles. The minimum absolute atomic E-state index is 0.118. The molecule has 2 rings (SSSR count). The molecule has 0 heterocycles. The van der Waals surface area contributed by atoms with Gasteiger partial charge < -0.3 is 0 Å². The van der Waals surface area contributed by atoms with Crippen LogP contribution in [0.5, 0.6) is 0 Å². The van der Waals surface area contributed by atoms with Crippen LogP contribution in [0, 0.1) is 17.7 Å². The fourth-order valence-electron chi connectivity index (χ4n) is 3.02. The zero-order valence-corrected chi connectivity index (χ0v) is 12.9. The average molecular weight is 327 g/mol. The summed E-state index contributed by atoms with van der Waals surface area (Å²) in [4.78, 5) is 12.0. The maximum atomic E-state index is 13.1. The molecule has 0 amide bonds. The zero-order chi connectivity index (χ0) is 13.8. The van der Waals surface area contributed by atoms with Crippen LogP contribution in [-0.2, 0) is 11.2 Å². The van der Waals surface area contributed by atoms with Gasteiger partial charge in [-0.2, -0.15) is 0 Å². The van der Waals surface area contributed by atoms with Gasteiger partial charge in [0.2, 0.25) is 0 Å². The molecule has 1 aliphatic carbocycles. The van der Waals surface area contributed by atoms with E-state index in [1.54, 1.807) is 6.07 Å². The number of carbonyl (C=O) groups excluding carboxylic acids is 1. The monoisotopic (exact) mass is 326 g/mol. The lowest BCUT2D eigenvalue weighted by molar-refractivity contribution is -0.125. The molecular formula is C16H20BrFO. The molecule has 2 atom stereocenters. The van der Waals surface area contributed by atoms with Crippen LogP contribution in [-0.4, -0.2) is 5.78 Å². The number of hydrogen-bond acceptors (Lipinski definition) is 1. The summed E-state index contributed by atoms with van der Waals surface area (Å²) in [6.07, 6.45) is 5.90. The first kappa shape index (κ1) is 14.7. The van der Waals surface area contributed by atoms with Crippen molar-refractivity contribution in [2.24, 2.45) is 11.8 Å². The van der Waals surface area contributed by atoms with Gasteiger partial charge in [-0.05, 0) is 42.9 Å². The molecule has 1 nitrogen and oxygen atoms in total. The van der Waals surface area contributed by atoms with Gasteiger partial charge >= 0.3 is 0 Å². The quantitative estimate of drug-likeness (QED) is 0.767. The topological polar surface area (TPSA) is 17.1 Å². The van der Waals surface area contributed by atoms with E-state index >= 15 is 0 Å². The van der Waals surface area contributed by atoms with Gasteiger partial charge in [0, 0.05) is 16.8 Å². The van der Waals surface area contributed by atoms with Crippen molar-refractivity contribution in [2.75, 3.05) is 0 Å². The van der Waals surface area contributed by atoms with Gasteiger partial charge in [0.1, 0.15) is 11.6 Å². The van der Waals surface area contributed by atoms with Gasteiger partial charge in [-0.25, -0.2) is 4.39 Å². The predicted molar refractivity (Wildman–Crippen MR) is 78.6 cm³/mol. The fraction of sp³-hybridized carbons (Fsp3) is 0.562. The predicted octanol–water partition coefficient (Wildman–Crippen LogP) is 4.92. The van der Waals surface area contributed by atoms with E-state index in [9.17, 15) is 9.18 Å². The van der Waals surface area contributed by atoms with Crippen LogP contribution in [0.1, 0.15) is 44.6 Å². The van der Waals surface area contributed by atoms with Gasteiger partial charge in [-0.15, -0.1) is 0 Å². The number of carbonyl (C=O) groups is 1. The minimum Gasteiger partial charge on any atom is -0.299 e. The SMILES string of the molecule is CCCC1CCC(=O)C(Cc2ccc(F)cc2Br)C1. The summed E-state index contributed by atoms with van der Waals surface area (Å²) in [5.41, 5.74) is 1.04.